The van der Waals surface area contributed by atoms with Crippen LogP contribution in [0.4, 0.5) is 0 Å². The van der Waals surface area contributed by atoms with Gasteiger partial charge in [0.25, 0.3) is 0 Å². The zero-order valence-corrected chi connectivity index (χ0v) is 12.7. The van der Waals surface area contributed by atoms with Crippen molar-refractivity contribution in [2.45, 2.75) is 44.7 Å². The fourth-order valence-corrected chi connectivity index (χ4v) is 3.89. The Balaban J connectivity index is 3.21. The molecule has 7 heteroatoms. The molecule has 0 atom stereocenters. The molecule has 0 aliphatic rings. The van der Waals surface area contributed by atoms with Crippen LogP contribution in [0, 0.1) is 13.8 Å². The Labute approximate surface area is 113 Å². The van der Waals surface area contributed by atoms with Gasteiger partial charge in [-0.3, -0.25) is 0 Å². The van der Waals surface area contributed by atoms with Crippen LogP contribution in [0.5, 0.6) is 0 Å². The van der Waals surface area contributed by atoms with Crippen molar-refractivity contribution >= 4 is 10.0 Å². The topological polar surface area (TPSA) is 88.8 Å². The number of furan rings is 1. The Morgan fingerprint density at radius 2 is 1.89 bits per heavy atom. The minimum Gasteiger partial charge on any atom is -0.465 e. The summed E-state index contributed by atoms with van der Waals surface area (Å²) in [6.07, 6.45) is 0. The predicted molar refractivity (Wildman–Crippen MR) is 70.4 cm³/mol. The third-order valence-corrected chi connectivity index (χ3v) is 4.56. The van der Waals surface area contributed by atoms with Crippen LogP contribution in [0.2, 0.25) is 0 Å². The molecule has 1 rings (SSSR count). The lowest BCUT2D eigenvalue weighted by atomic mass is 10.1. The molecule has 0 unspecified atom stereocenters. The second-order valence-electron chi connectivity index (χ2n) is 5.10. The Kier molecular flexibility index (Phi) is 4.78. The number of rotatable bonds is 6. The zero-order valence-electron chi connectivity index (χ0n) is 11.9. The van der Waals surface area contributed by atoms with Crippen molar-refractivity contribution in [1.82, 2.24) is 4.72 Å². The van der Waals surface area contributed by atoms with Crippen molar-refractivity contribution in [3.8, 4) is 0 Å². The minimum atomic E-state index is -3.78. The van der Waals surface area contributed by atoms with E-state index in [1.54, 1.807) is 27.7 Å². The highest BCUT2D eigenvalue weighted by Crippen LogP contribution is 2.27. The number of aryl methyl sites for hydroxylation is 2. The van der Waals surface area contributed by atoms with E-state index in [-0.39, 0.29) is 23.9 Å². The van der Waals surface area contributed by atoms with Gasteiger partial charge in [0.05, 0.1) is 18.8 Å². The van der Waals surface area contributed by atoms with E-state index in [1.165, 1.54) is 7.11 Å². The third kappa shape index (κ3) is 3.56. The zero-order chi connectivity index (χ0) is 14.8. The Bertz CT molecular complexity index is 545. The summed E-state index contributed by atoms with van der Waals surface area (Å²) in [6.45, 7) is 6.46. The molecule has 1 aromatic heterocycles. The van der Waals surface area contributed by atoms with E-state index >= 15 is 0 Å². The van der Waals surface area contributed by atoms with Gasteiger partial charge < -0.3 is 14.3 Å². The van der Waals surface area contributed by atoms with Crippen molar-refractivity contribution in [3.63, 3.8) is 0 Å². The summed E-state index contributed by atoms with van der Waals surface area (Å²) in [5.41, 5.74) is -0.462. The number of hydrogen-bond acceptors (Lipinski definition) is 5. The van der Waals surface area contributed by atoms with Crippen molar-refractivity contribution < 1.29 is 22.7 Å². The average molecular weight is 291 g/mol. The smallest absolute Gasteiger partial charge is 0.244 e. The van der Waals surface area contributed by atoms with Gasteiger partial charge in [0.2, 0.25) is 10.0 Å². The highest BCUT2D eigenvalue weighted by atomic mass is 32.2. The summed E-state index contributed by atoms with van der Waals surface area (Å²) in [5, 5.41) is 9.30. The third-order valence-electron chi connectivity index (χ3n) is 2.67. The number of sulfonamides is 1. The summed E-state index contributed by atoms with van der Waals surface area (Å²) < 4.78 is 37.6. The predicted octanol–water partition coefficient (Wildman–Crippen LogP) is 1.09. The molecular weight excluding hydrogens is 270 g/mol. The maximum atomic E-state index is 12.4. The van der Waals surface area contributed by atoms with E-state index in [2.05, 4.69) is 4.72 Å². The first-order valence-electron chi connectivity index (χ1n) is 5.87. The molecule has 0 radical (unpaired) electrons. The summed E-state index contributed by atoms with van der Waals surface area (Å²) >= 11 is 0. The van der Waals surface area contributed by atoms with E-state index < -0.39 is 15.6 Å². The maximum absolute atomic E-state index is 12.4. The van der Waals surface area contributed by atoms with Crippen molar-refractivity contribution in [2.24, 2.45) is 0 Å². The van der Waals surface area contributed by atoms with Crippen molar-refractivity contribution in [2.75, 3.05) is 13.7 Å². The highest BCUT2D eigenvalue weighted by molar-refractivity contribution is 7.89. The molecule has 0 amide bonds. The van der Waals surface area contributed by atoms with Crippen LogP contribution in [0.15, 0.2) is 9.31 Å². The van der Waals surface area contributed by atoms with Gasteiger partial charge in [0.15, 0.2) is 0 Å². The van der Waals surface area contributed by atoms with E-state index in [1.807, 2.05) is 0 Å². The standard InChI is InChI=1S/C12H21NO5S/c1-8-10(6-14)11(9(2)18-8)19(15,16)13-12(3,4)7-17-5/h13-14H,6-7H2,1-5H3. The summed E-state index contributed by atoms with van der Waals surface area (Å²) in [6, 6.07) is 0. The fraction of sp³-hybridized carbons (Fsp3) is 0.667. The van der Waals surface area contributed by atoms with E-state index in [0.717, 1.165) is 0 Å². The van der Waals surface area contributed by atoms with Gasteiger partial charge in [-0.15, -0.1) is 0 Å². The van der Waals surface area contributed by atoms with Gasteiger partial charge in [0.1, 0.15) is 16.4 Å². The Hall–Kier alpha value is -0.890. The number of ether oxygens (including phenoxy) is 1. The van der Waals surface area contributed by atoms with Gasteiger partial charge in [0, 0.05) is 12.7 Å². The molecule has 110 valence electrons. The first-order valence-corrected chi connectivity index (χ1v) is 7.35. The number of nitrogens with one attached hydrogen (secondary N) is 1. The second kappa shape index (κ2) is 5.62. The van der Waals surface area contributed by atoms with Gasteiger partial charge in [-0.25, -0.2) is 13.1 Å². The van der Waals surface area contributed by atoms with Crippen LogP contribution in [-0.2, 0) is 21.4 Å². The van der Waals surface area contributed by atoms with E-state index in [4.69, 9.17) is 9.15 Å². The maximum Gasteiger partial charge on any atom is 0.244 e. The monoisotopic (exact) mass is 291 g/mol. The Morgan fingerprint density at radius 3 is 2.37 bits per heavy atom. The largest absolute Gasteiger partial charge is 0.465 e. The summed E-state index contributed by atoms with van der Waals surface area (Å²) in [7, 11) is -2.27. The molecule has 0 saturated heterocycles. The molecule has 0 spiro atoms. The van der Waals surface area contributed by atoms with Crippen LogP contribution < -0.4 is 4.72 Å². The molecule has 19 heavy (non-hydrogen) atoms. The first-order chi connectivity index (χ1) is 8.64. The highest BCUT2D eigenvalue weighted by Gasteiger charge is 2.31. The lowest BCUT2D eigenvalue weighted by Gasteiger charge is -2.25. The number of hydrogen-bond donors (Lipinski definition) is 2. The van der Waals surface area contributed by atoms with Gasteiger partial charge in [-0.05, 0) is 27.7 Å². The van der Waals surface area contributed by atoms with Crippen molar-refractivity contribution in [1.29, 1.82) is 0 Å². The molecule has 6 nitrogen and oxygen atoms in total. The molecule has 1 aromatic rings. The molecule has 0 aliphatic heterocycles. The summed E-state index contributed by atoms with van der Waals surface area (Å²) in [5.74, 6) is 0.673. The average Bonchev–Trinajstić information content (AvgIpc) is 2.51. The van der Waals surface area contributed by atoms with Crippen LogP contribution in [-0.4, -0.2) is 32.8 Å². The van der Waals surface area contributed by atoms with Gasteiger partial charge >= 0.3 is 0 Å². The second-order valence-corrected chi connectivity index (χ2v) is 6.72. The fourth-order valence-electron chi connectivity index (χ4n) is 2.05. The van der Waals surface area contributed by atoms with Crippen LogP contribution in [0.3, 0.4) is 0 Å². The molecular formula is C12H21NO5S. The lowest BCUT2D eigenvalue weighted by Crippen LogP contribution is -2.46. The molecule has 2 N–H and O–H groups in total. The number of methoxy groups -OCH3 is 1. The molecule has 0 aliphatic carbocycles. The molecule has 0 bridgehead atoms. The molecule has 0 aromatic carbocycles. The Morgan fingerprint density at radius 1 is 1.32 bits per heavy atom. The normalized spacial score (nSPS) is 12.9. The van der Waals surface area contributed by atoms with E-state index in [0.29, 0.717) is 11.3 Å². The van der Waals surface area contributed by atoms with Crippen LogP contribution >= 0.6 is 0 Å². The van der Waals surface area contributed by atoms with Gasteiger partial charge in [-0.1, -0.05) is 0 Å². The number of aliphatic hydroxyl groups is 1. The molecule has 0 saturated carbocycles. The molecule has 0 fully saturated rings. The lowest BCUT2D eigenvalue weighted by molar-refractivity contribution is 0.141. The SMILES string of the molecule is COCC(C)(C)NS(=O)(=O)c1c(C)oc(C)c1CO. The summed E-state index contributed by atoms with van der Waals surface area (Å²) in [4.78, 5) is 0.0108. The molecule has 1 heterocycles. The van der Waals surface area contributed by atoms with Gasteiger partial charge in [-0.2, -0.15) is 0 Å². The van der Waals surface area contributed by atoms with E-state index in [9.17, 15) is 13.5 Å². The quantitative estimate of drug-likeness (QED) is 0.819. The van der Waals surface area contributed by atoms with Crippen molar-refractivity contribution in [3.05, 3.63) is 17.1 Å². The number of aliphatic hydroxyl groups excluding tert-OH is 1. The first kappa shape index (κ1) is 16.2. The minimum absolute atomic E-state index is 0.0108. The van der Waals surface area contributed by atoms with Crippen LogP contribution in [0.1, 0.15) is 30.9 Å². The van der Waals surface area contributed by atoms with Crippen LogP contribution in [0.25, 0.3) is 0 Å².